The third-order valence-electron chi connectivity index (χ3n) is 3.26. The van der Waals surface area contributed by atoms with Crippen LogP contribution in [-0.2, 0) is 4.79 Å². The van der Waals surface area contributed by atoms with E-state index in [9.17, 15) is 4.79 Å². The molecular formula is C13H21N3O. The second-order valence-corrected chi connectivity index (χ2v) is 4.57. The van der Waals surface area contributed by atoms with Crippen molar-refractivity contribution in [3.63, 3.8) is 0 Å². The Bertz CT molecular complexity index is 360. The molecule has 0 aliphatic carbocycles. The molecule has 0 saturated heterocycles. The quantitative estimate of drug-likeness (QED) is 0.815. The smallest absolute Gasteiger partial charge is 0.227 e. The summed E-state index contributed by atoms with van der Waals surface area (Å²) in [4.78, 5) is 16.3. The van der Waals surface area contributed by atoms with Crippen molar-refractivity contribution in [1.82, 2.24) is 10.3 Å². The first kappa shape index (κ1) is 13.6. The highest BCUT2D eigenvalue weighted by atomic mass is 16.2. The van der Waals surface area contributed by atoms with Gasteiger partial charge in [0.15, 0.2) is 0 Å². The van der Waals surface area contributed by atoms with E-state index in [2.05, 4.69) is 10.3 Å². The monoisotopic (exact) mass is 235 g/mol. The Hall–Kier alpha value is -1.42. The Morgan fingerprint density at radius 2 is 2.29 bits per heavy atom. The summed E-state index contributed by atoms with van der Waals surface area (Å²) in [6.45, 7) is 6.13. The van der Waals surface area contributed by atoms with Gasteiger partial charge in [0, 0.05) is 12.7 Å². The molecule has 17 heavy (non-hydrogen) atoms. The number of amides is 1. The first-order chi connectivity index (χ1) is 8.03. The lowest BCUT2D eigenvalue weighted by Crippen LogP contribution is -2.44. The van der Waals surface area contributed by atoms with Gasteiger partial charge in [0.1, 0.15) is 0 Å². The standard InChI is InChI=1S/C13H21N3O/c1-4-13(3,9-14)12(17)16-10(2)11-7-5-6-8-15-11/h5-8,10H,4,9,14H2,1-3H3,(H,16,17)/t10-,13?/m1/s1. The van der Waals surface area contributed by atoms with Gasteiger partial charge in [0.25, 0.3) is 0 Å². The molecule has 0 fully saturated rings. The molecule has 1 aromatic rings. The van der Waals surface area contributed by atoms with Crippen molar-refractivity contribution < 1.29 is 4.79 Å². The Labute approximate surface area is 103 Å². The van der Waals surface area contributed by atoms with E-state index in [1.807, 2.05) is 39.0 Å². The van der Waals surface area contributed by atoms with Crippen LogP contribution in [0.15, 0.2) is 24.4 Å². The third kappa shape index (κ3) is 3.27. The number of nitrogens with one attached hydrogen (secondary N) is 1. The average molecular weight is 235 g/mol. The predicted octanol–water partition coefficient (Wildman–Crippen LogP) is 1.63. The van der Waals surface area contributed by atoms with E-state index in [-0.39, 0.29) is 11.9 Å². The molecule has 0 spiro atoms. The van der Waals surface area contributed by atoms with Crippen molar-refractivity contribution in [3.05, 3.63) is 30.1 Å². The molecule has 1 unspecified atom stereocenters. The lowest BCUT2D eigenvalue weighted by atomic mass is 9.86. The van der Waals surface area contributed by atoms with Crippen LogP contribution in [0.1, 0.15) is 38.9 Å². The van der Waals surface area contributed by atoms with Crippen LogP contribution in [0.4, 0.5) is 0 Å². The average Bonchev–Trinajstić information content (AvgIpc) is 2.38. The van der Waals surface area contributed by atoms with Crippen LogP contribution in [0.5, 0.6) is 0 Å². The Balaban J connectivity index is 2.69. The maximum absolute atomic E-state index is 12.1. The molecule has 0 saturated carbocycles. The molecular weight excluding hydrogens is 214 g/mol. The summed E-state index contributed by atoms with van der Waals surface area (Å²) in [5.74, 6) is -0.0133. The van der Waals surface area contributed by atoms with Crippen molar-refractivity contribution in [2.24, 2.45) is 11.1 Å². The second kappa shape index (κ2) is 5.77. The summed E-state index contributed by atoms with van der Waals surface area (Å²) in [7, 11) is 0. The Morgan fingerprint density at radius 1 is 1.59 bits per heavy atom. The number of nitrogens with two attached hydrogens (primary N) is 1. The van der Waals surface area contributed by atoms with E-state index in [0.717, 1.165) is 12.1 Å². The maximum atomic E-state index is 12.1. The van der Waals surface area contributed by atoms with E-state index in [4.69, 9.17) is 5.73 Å². The van der Waals surface area contributed by atoms with Crippen LogP contribution in [0.2, 0.25) is 0 Å². The second-order valence-electron chi connectivity index (χ2n) is 4.57. The molecule has 1 amide bonds. The van der Waals surface area contributed by atoms with Crippen LogP contribution in [-0.4, -0.2) is 17.4 Å². The molecule has 0 aromatic carbocycles. The first-order valence-corrected chi connectivity index (χ1v) is 5.95. The zero-order valence-corrected chi connectivity index (χ0v) is 10.7. The predicted molar refractivity (Wildman–Crippen MR) is 68.2 cm³/mol. The largest absolute Gasteiger partial charge is 0.347 e. The zero-order chi connectivity index (χ0) is 12.9. The molecule has 4 nitrogen and oxygen atoms in total. The van der Waals surface area contributed by atoms with Crippen LogP contribution in [0, 0.1) is 5.41 Å². The number of nitrogens with zero attached hydrogens (tertiary/aromatic N) is 1. The van der Waals surface area contributed by atoms with Gasteiger partial charge in [-0.2, -0.15) is 0 Å². The van der Waals surface area contributed by atoms with Crippen molar-refractivity contribution >= 4 is 5.91 Å². The van der Waals surface area contributed by atoms with Gasteiger partial charge < -0.3 is 11.1 Å². The van der Waals surface area contributed by atoms with Gasteiger partial charge >= 0.3 is 0 Å². The van der Waals surface area contributed by atoms with Crippen molar-refractivity contribution in [1.29, 1.82) is 0 Å². The molecule has 3 N–H and O–H groups in total. The van der Waals surface area contributed by atoms with Gasteiger partial charge in [-0.15, -0.1) is 0 Å². The maximum Gasteiger partial charge on any atom is 0.227 e. The zero-order valence-electron chi connectivity index (χ0n) is 10.7. The van der Waals surface area contributed by atoms with Crippen molar-refractivity contribution in [2.45, 2.75) is 33.2 Å². The molecule has 0 aliphatic heterocycles. The van der Waals surface area contributed by atoms with Gasteiger partial charge in [0.05, 0.1) is 17.2 Å². The SMILES string of the molecule is CCC(C)(CN)C(=O)N[C@H](C)c1ccccn1. The summed E-state index contributed by atoms with van der Waals surface area (Å²) < 4.78 is 0. The molecule has 1 rings (SSSR count). The first-order valence-electron chi connectivity index (χ1n) is 5.95. The van der Waals surface area contributed by atoms with E-state index in [0.29, 0.717) is 6.54 Å². The van der Waals surface area contributed by atoms with Crippen molar-refractivity contribution in [2.75, 3.05) is 6.54 Å². The Kier molecular flexibility index (Phi) is 4.63. The summed E-state index contributed by atoms with van der Waals surface area (Å²) in [5, 5.41) is 2.96. The van der Waals surface area contributed by atoms with E-state index < -0.39 is 5.41 Å². The molecule has 1 heterocycles. The summed E-state index contributed by atoms with van der Waals surface area (Å²) in [6.07, 6.45) is 2.45. The van der Waals surface area contributed by atoms with Crippen LogP contribution >= 0.6 is 0 Å². The fourth-order valence-electron chi connectivity index (χ4n) is 1.47. The van der Waals surface area contributed by atoms with Gasteiger partial charge in [-0.3, -0.25) is 9.78 Å². The molecule has 4 heteroatoms. The number of pyridine rings is 1. The minimum Gasteiger partial charge on any atom is -0.347 e. The van der Waals surface area contributed by atoms with Crippen LogP contribution in [0.3, 0.4) is 0 Å². The molecule has 0 aliphatic rings. The lowest BCUT2D eigenvalue weighted by Gasteiger charge is -2.27. The topological polar surface area (TPSA) is 68.0 Å². The number of carbonyl (C=O) groups is 1. The summed E-state index contributed by atoms with van der Waals surface area (Å²) in [6, 6.07) is 5.57. The fourth-order valence-corrected chi connectivity index (χ4v) is 1.47. The minimum atomic E-state index is -0.497. The summed E-state index contributed by atoms with van der Waals surface area (Å²) in [5.41, 5.74) is 6.02. The van der Waals surface area contributed by atoms with E-state index >= 15 is 0 Å². The number of aromatic nitrogens is 1. The molecule has 0 bridgehead atoms. The number of hydrogen-bond donors (Lipinski definition) is 2. The molecule has 0 radical (unpaired) electrons. The highest BCUT2D eigenvalue weighted by Gasteiger charge is 2.30. The van der Waals surface area contributed by atoms with Gasteiger partial charge in [-0.25, -0.2) is 0 Å². The molecule has 1 aromatic heterocycles. The minimum absolute atomic E-state index is 0.0133. The lowest BCUT2D eigenvalue weighted by molar-refractivity contribution is -0.130. The Morgan fingerprint density at radius 3 is 2.76 bits per heavy atom. The normalized spacial score (nSPS) is 16.0. The van der Waals surface area contributed by atoms with Crippen LogP contribution < -0.4 is 11.1 Å². The number of rotatable bonds is 5. The molecule has 94 valence electrons. The highest BCUT2D eigenvalue weighted by molar-refractivity contribution is 5.82. The third-order valence-corrected chi connectivity index (χ3v) is 3.26. The van der Waals surface area contributed by atoms with Gasteiger partial charge in [-0.05, 0) is 32.4 Å². The molecule has 2 atom stereocenters. The fraction of sp³-hybridized carbons (Fsp3) is 0.538. The van der Waals surface area contributed by atoms with Gasteiger partial charge in [0.2, 0.25) is 5.91 Å². The van der Waals surface area contributed by atoms with E-state index in [1.165, 1.54) is 0 Å². The van der Waals surface area contributed by atoms with E-state index in [1.54, 1.807) is 6.20 Å². The number of hydrogen-bond acceptors (Lipinski definition) is 3. The number of carbonyl (C=O) groups excluding carboxylic acids is 1. The van der Waals surface area contributed by atoms with Crippen LogP contribution in [0.25, 0.3) is 0 Å². The van der Waals surface area contributed by atoms with Crippen molar-refractivity contribution in [3.8, 4) is 0 Å². The van der Waals surface area contributed by atoms with Gasteiger partial charge in [-0.1, -0.05) is 13.0 Å². The highest BCUT2D eigenvalue weighted by Crippen LogP contribution is 2.21. The summed E-state index contributed by atoms with van der Waals surface area (Å²) >= 11 is 0.